The maximum absolute atomic E-state index is 10.0. The zero-order chi connectivity index (χ0) is 8.97. The van der Waals surface area contributed by atoms with Gasteiger partial charge in [-0.25, -0.2) is 4.79 Å². The third-order valence-electron chi connectivity index (χ3n) is 1.14. The van der Waals surface area contributed by atoms with Crippen LogP contribution in [0.3, 0.4) is 0 Å². The molecule has 1 N–H and O–H groups in total. The number of nitrogens with zero attached hydrogens (tertiary/aromatic N) is 1. The first-order valence-electron chi connectivity index (χ1n) is 3.14. The molecule has 1 rings (SSSR count). The average molecular weight is 188 g/mol. The molecule has 0 aliphatic heterocycles. The maximum Gasteiger partial charge on any atom is 0.511 e. The highest BCUT2D eigenvalue weighted by Crippen LogP contribution is 2.10. The topological polar surface area (TPSA) is 59.4 Å². The minimum atomic E-state index is -1.35. The molecule has 0 saturated heterocycles. The van der Waals surface area contributed by atoms with Crippen LogP contribution in [0.15, 0.2) is 18.3 Å². The maximum atomic E-state index is 10.0. The number of ether oxygens (including phenoxy) is 1. The van der Waals surface area contributed by atoms with Crippen LogP contribution in [-0.4, -0.2) is 16.2 Å². The lowest BCUT2D eigenvalue weighted by molar-refractivity contribution is 0.144. The molecule has 1 aromatic rings. The van der Waals surface area contributed by atoms with E-state index in [1.54, 1.807) is 6.07 Å². The van der Waals surface area contributed by atoms with Crippen molar-refractivity contribution in [2.24, 2.45) is 0 Å². The number of alkyl halides is 1. The first kappa shape index (κ1) is 8.80. The third-order valence-corrected chi connectivity index (χ3v) is 1.41. The van der Waals surface area contributed by atoms with E-state index in [4.69, 9.17) is 16.7 Å². The molecule has 1 heterocycles. The molecule has 0 amide bonds. The van der Waals surface area contributed by atoms with Crippen molar-refractivity contribution < 1.29 is 14.6 Å². The first-order valence-corrected chi connectivity index (χ1v) is 3.67. The number of carbonyl (C=O) groups is 1. The van der Waals surface area contributed by atoms with Gasteiger partial charge in [-0.05, 0) is 12.1 Å². The van der Waals surface area contributed by atoms with Gasteiger partial charge in [-0.1, -0.05) is 0 Å². The Morgan fingerprint density at radius 2 is 2.42 bits per heavy atom. The Kier molecular flexibility index (Phi) is 2.88. The summed E-state index contributed by atoms with van der Waals surface area (Å²) in [7, 11) is 0. The van der Waals surface area contributed by atoms with Gasteiger partial charge in [-0.15, -0.1) is 11.6 Å². The van der Waals surface area contributed by atoms with Crippen LogP contribution < -0.4 is 4.74 Å². The van der Waals surface area contributed by atoms with Crippen molar-refractivity contribution in [2.45, 2.75) is 5.88 Å². The summed E-state index contributed by atoms with van der Waals surface area (Å²) in [6, 6.07) is 3.10. The second-order valence-electron chi connectivity index (χ2n) is 1.99. The predicted octanol–water partition coefficient (Wildman–Crippen LogP) is 1.88. The van der Waals surface area contributed by atoms with E-state index >= 15 is 0 Å². The molecule has 5 heteroatoms. The number of rotatable bonds is 2. The van der Waals surface area contributed by atoms with Crippen LogP contribution in [-0.2, 0) is 5.88 Å². The van der Waals surface area contributed by atoms with Crippen molar-refractivity contribution >= 4 is 17.8 Å². The molecule has 0 radical (unpaired) electrons. The lowest BCUT2D eigenvalue weighted by Crippen LogP contribution is -2.03. The SMILES string of the molecule is O=C(O)Oc1ccc(CCl)nc1. The first-order chi connectivity index (χ1) is 5.72. The quantitative estimate of drug-likeness (QED) is 0.567. The molecule has 4 nitrogen and oxygen atoms in total. The lowest BCUT2D eigenvalue weighted by atomic mass is 10.4. The molecule has 0 saturated carbocycles. The summed E-state index contributed by atoms with van der Waals surface area (Å²) < 4.78 is 4.32. The van der Waals surface area contributed by atoms with Crippen molar-refractivity contribution in [3.05, 3.63) is 24.0 Å². The van der Waals surface area contributed by atoms with Gasteiger partial charge in [0, 0.05) is 0 Å². The second-order valence-corrected chi connectivity index (χ2v) is 2.25. The van der Waals surface area contributed by atoms with Crippen LogP contribution in [0.4, 0.5) is 4.79 Å². The highest BCUT2D eigenvalue weighted by atomic mass is 35.5. The Bertz CT molecular complexity index is 272. The van der Waals surface area contributed by atoms with Crippen molar-refractivity contribution in [2.75, 3.05) is 0 Å². The van der Waals surface area contributed by atoms with Gasteiger partial charge in [-0.3, -0.25) is 4.98 Å². The Hall–Kier alpha value is -1.29. The van der Waals surface area contributed by atoms with Gasteiger partial charge in [0.2, 0.25) is 0 Å². The Morgan fingerprint density at radius 1 is 1.67 bits per heavy atom. The molecule has 0 spiro atoms. The molecule has 64 valence electrons. The van der Waals surface area contributed by atoms with Crippen molar-refractivity contribution in [1.29, 1.82) is 0 Å². The summed E-state index contributed by atoms with van der Waals surface area (Å²) in [6.07, 6.45) is -0.0401. The van der Waals surface area contributed by atoms with E-state index in [2.05, 4.69) is 9.72 Å². The minimum Gasteiger partial charge on any atom is -0.449 e. The van der Waals surface area contributed by atoms with E-state index in [9.17, 15) is 4.79 Å². The molecule has 0 aliphatic rings. The monoisotopic (exact) mass is 187 g/mol. The van der Waals surface area contributed by atoms with E-state index in [0.717, 1.165) is 0 Å². The number of hydrogen-bond acceptors (Lipinski definition) is 3. The number of aromatic nitrogens is 1. The van der Waals surface area contributed by atoms with Gasteiger partial charge in [0.1, 0.15) is 0 Å². The zero-order valence-corrected chi connectivity index (χ0v) is 6.78. The largest absolute Gasteiger partial charge is 0.511 e. The fraction of sp³-hybridized carbons (Fsp3) is 0.143. The van der Waals surface area contributed by atoms with Crippen LogP contribution in [0.2, 0.25) is 0 Å². The van der Waals surface area contributed by atoms with Crippen LogP contribution in [0, 0.1) is 0 Å². The van der Waals surface area contributed by atoms with E-state index in [1.165, 1.54) is 12.3 Å². The average Bonchev–Trinajstić information content (AvgIpc) is 2.05. The molecule has 0 atom stereocenters. The number of halogens is 1. The van der Waals surface area contributed by atoms with E-state index in [1.807, 2.05) is 0 Å². The highest BCUT2D eigenvalue weighted by Gasteiger charge is 2.00. The number of hydrogen-bond donors (Lipinski definition) is 1. The van der Waals surface area contributed by atoms with E-state index < -0.39 is 6.16 Å². The standard InChI is InChI=1S/C7H6ClNO3/c8-3-5-1-2-6(4-9-5)12-7(10)11/h1-2,4H,3H2,(H,10,11). The molecule has 0 bridgehead atoms. The van der Waals surface area contributed by atoms with Gasteiger partial charge < -0.3 is 9.84 Å². The summed E-state index contributed by atoms with van der Waals surface area (Å²) in [5, 5.41) is 8.22. The van der Waals surface area contributed by atoms with Crippen molar-refractivity contribution in [3.8, 4) is 5.75 Å². The Balaban J connectivity index is 2.71. The number of pyridine rings is 1. The molecule has 0 fully saturated rings. The van der Waals surface area contributed by atoms with Crippen LogP contribution in [0.5, 0.6) is 5.75 Å². The van der Waals surface area contributed by atoms with Crippen LogP contribution >= 0.6 is 11.6 Å². The lowest BCUT2D eigenvalue weighted by Gasteiger charge is -1.98. The third kappa shape index (κ3) is 2.39. The molecule has 1 aromatic heterocycles. The van der Waals surface area contributed by atoms with E-state index in [0.29, 0.717) is 11.6 Å². The van der Waals surface area contributed by atoms with Crippen molar-refractivity contribution in [3.63, 3.8) is 0 Å². The molecule has 0 unspecified atom stereocenters. The smallest absolute Gasteiger partial charge is 0.449 e. The predicted molar refractivity (Wildman–Crippen MR) is 42.4 cm³/mol. The molecule has 0 aromatic carbocycles. The fourth-order valence-corrected chi connectivity index (χ4v) is 0.809. The van der Waals surface area contributed by atoms with Gasteiger partial charge in [0.15, 0.2) is 5.75 Å². The second kappa shape index (κ2) is 3.92. The molecular weight excluding hydrogens is 182 g/mol. The van der Waals surface area contributed by atoms with Crippen LogP contribution in [0.25, 0.3) is 0 Å². The summed E-state index contributed by atoms with van der Waals surface area (Å²) in [6.45, 7) is 0. The Morgan fingerprint density at radius 3 is 2.83 bits per heavy atom. The highest BCUT2D eigenvalue weighted by molar-refractivity contribution is 6.16. The molecule has 12 heavy (non-hydrogen) atoms. The normalized spacial score (nSPS) is 9.42. The minimum absolute atomic E-state index is 0.191. The van der Waals surface area contributed by atoms with Crippen molar-refractivity contribution in [1.82, 2.24) is 4.98 Å². The summed E-state index contributed by atoms with van der Waals surface area (Å²) >= 11 is 5.47. The summed E-state index contributed by atoms with van der Waals surface area (Å²) in [5.74, 6) is 0.490. The van der Waals surface area contributed by atoms with Gasteiger partial charge in [0.05, 0.1) is 17.8 Å². The zero-order valence-electron chi connectivity index (χ0n) is 6.03. The summed E-state index contributed by atoms with van der Waals surface area (Å²) in [4.78, 5) is 13.9. The van der Waals surface area contributed by atoms with Gasteiger partial charge >= 0.3 is 6.16 Å². The van der Waals surface area contributed by atoms with Gasteiger partial charge in [0.25, 0.3) is 0 Å². The Labute approximate surface area is 73.8 Å². The molecule has 0 aliphatic carbocycles. The van der Waals surface area contributed by atoms with Gasteiger partial charge in [-0.2, -0.15) is 0 Å². The summed E-state index contributed by atoms with van der Waals surface area (Å²) in [5.41, 5.74) is 0.675. The fourth-order valence-electron chi connectivity index (χ4n) is 0.651. The molecular formula is C7H6ClNO3. The van der Waals surface area contributed by atoms with E-state index in [-0.39, 0.29) is 5.75 Å². The van der Waals surface area contributed by atoms with Crippen LogP contribution in [0.1, 0.15) is 5.69 Å². The number of carboxylic acid groups (broad SMARTS) is 1.